The Morgan fingerprint density at radius 2 is 2.10 bits per heavy atom. The molecule has 0 radical (unpaired) electrons. The predicted molar refractivity (Wildman–Crippen MR) is 75.4 cm³/mol. The van der Waals surface area contributed by atoms with Crippen LogP contribution in [0.4, 0.5) is 0 Å². The van der Waals surface area contributed by atoms with E-state index in [-0.39, 0.29) is 17.5 Å². The van der Waals surface area contributed by atoms with Crippen LogP contribution < -0.4 is 10.9 Å². The van der Waals surface area contributed by atoms with Gasteiger partial charge in [-0.25, -0.2) is 4.98 Å². The van der Waals surface area contributed by atoms with E-state index in [2.05, 4.69) is 15.3 Å². The van der Waals surface area contributed by atoms with E-state index >= 15 is 0 Å². The fourth-order valence-electron chi connectivity index (χ4n) is 2.46. The molecule has 1 unspecified atom stereocenters. The van der Waals surface area contributed by atoms with Gasteiger partial charge in [-0.1, -0.05) is 12.1 Å². The molecule has 6 nitrogen and oxygen atoms in total. The van der Waals surface area contributed by atoms with Crippen molar-refractivity contribution in [2.24, 2.45) is 0 Å². The normalized spacial score (nSPS) is 17.9. The molecule has 1 amide bonds. The zero-order valence-corrected chi connectivity index (χ0v) is 11.2. The van der Waals surface area contributed by atoms with Gasteiger partial charge in [0.05, 0.1) is 23.5 Å². The number of hydrogen-bond donors (Lipinski definition) is 2. The zero-order valence-electron chi connectivity index (χ0n) is 11.2. The summed E-state index contributed by atoms with van der Waals surface area (Å²) in [6.07, 6.45) is 0. The zero-order chi connectivity index (χ0) is 14.1. The minimum Gasteiger partial charge on any atom is -0.354 e. The number of hydrogen-bond acceptors (Lipinski definition) is 4. The third-order valence-corrected chi connectivity index (χ3v) is 3.64. The summed E-state index contributed by atoms with van der Waals surface area (Å²) < 4.78 is 0. The van der Waals surface area contributed by atoms with Gasteiger partial charge in [0.2, 0.25) is 5.91 Å². The number of amides is 1. The molecule has 1 atom stereocenters. The average Bonchev–Trinajstić information content (AvgIpc) is 2.46. The van der Waals surface area contributed by atoms with E-state index < -0.39 is 0 Å². The number of nitrogens with one attached hydrogen (secondary N) is 2. The van der Waals surface area contributed by atoms with Crippen LogP contribution >= 0.6 is 0 Å². The highest BCUT2D eigenvalue weighted by Crippen LogP contribution is 2.17. The van der Waals surface area contributed by atoms with Gasteiger partial charge in [0.15, 0.2) is 0 Å². The van der Waals surface area contributed by atoms with Crippen LogP contribution in [0.25, 0.3) is 10.9 Å². The van der Waals surface area contributed by atoms with E-state index in [0.717, 1.165) is 6.54 Å². The molecule has 3 rings (SSSR count). The molecule has 2 N–H and O–H groups in total. The van der Waals surface area contributed by atoms with Crippen LogP contribution in [0.1, 0.15) is 18.8 Å². The van der Waals surface area contributed by atoms with Crippen LogP contribution in [0.2, 0.25) is 0 Å². The highest BCUT2D eigenvalue weighted by molar-refractivity contribution is 5.79. The first-order valence-electron chi connectivity index (χ1n) is 6.65. The number of rotatable bonds is 2. The molecule has 1 aliphatic rings. The van der Waals surface area contributed by atoms with Crippen molar-refractivity contribution in [2.75, 3.05) is 19.6 Å². The van der Waals surface area contributed by atoms with E-state index in [9.17, 15) is 9.59 Å². The van der Waals surface area contributed by atoms with Crippen LogP contribution in [-0.2, 0) is 4.79 Å². The van der Waals surface area contributed by atoms with Crippen molar-refractivity contribution in [1.29, 1.82) is 0 Å². The van der Waals surface area contributed by atoms with Crippen molar-refractivity contribution in [3.63, 3.8) is 0 Å². The Labute approximate surface area is 115 Å². The summed E-state index contributed by atoms with van der Waals surface area (Å²) in [5, 5.41) is 3.37. The number of carbonyl (C=O) groups excluding carboxylic acids is 1. The summed E-state index contributed by atoms with van der Waals surface area (Å²) in [6.45, 7) is 3.66. The smallest absolute Gasteiger partial charge is 0.258 e. The third-order valence-electron chi connectivity index (χ3n) is 3.64. The first-order chi connectivity index (χ1) is 9.65. The lowest BCUT2D eigenvalue weighted by Crippen LogP contribution is -2.48. The van der Waals surface area contributed by atoms with Crippen molar-refractivity contribution < 1.29 is 4.79 Å². The molecular weight excluding hydrogens is 256 g/mol. The lowest BCUT2D eigenvalue weighted by molar-refractivity contribution is -0.124. The fourth-order valence-corrected chi connectivity index (χ4v) is 2.46. The lowest BCUT2D eigenvalue weighted by Gasteiger charge is -2.31. The largest absolute Gasteiger partial charge is 0.354 e. The SMILES string of the molecule is CC(c1nc2ccccc2c(=O)[nH]1)N1CCNC(=O)C1. The van der Waals surface area contributed by atoms with Gasteiger partial charge >= 0.3 is 0 Å². The summed E-state index contributed by atoms with van der Waals surface area (Å²) in [5.41, 5.74) is 0.540. The Balaban J connectivity index is 1.97. The Morgan fingerprint density at radius 3 is 2.90 bits per heavy atom. The van der Waals surface area contributed by atoms with Gasteiger partial charge < -0.3 is 10.3 Å². The molecule has 2 heterocycles. The minimum absolute atomic E-state index is 0.00577. The van der Waals surface area contributed by atoms with E-state index in [1.165, 1.54) is 0 Å². The molecule has 1 aliphatic heterocycles. The molecule has 1 fully saturated rings. The molecule has 6 heteroatoms. The molecule has 1 aromatic carbocycles. The second-order valence-corrected chi connectivity index (χ2v) is 4.96. The number of aromatic nitrogens is 2. The van der Waals surface area contributed by atoms with E-state index in [0.29, 0.717) is 29.8 Å². The van der Waals surface area contributed by atoms with Crippen molar-refractivity contribution in [1.82, 2.24) is 20.2 Å². The van der Waals surface area contributed by atoms with Gasteiger partial charge in [-0.05, 0) is 19.1 Å². The number of piperazine rings is 1. The molecule has 0 spiro atoms. The van der Waals surface area contributed by atoms with Crippen LogP contribution in [0.3, 0.4) is 0 Å². The Morgan fingerprint density at radius 1 is 1.30 bits per heavy atom. The summed E-state index contributed by atoms with van der Waals surface area (Å²) >= 11 is 0. The maximum absolute atomic E-state index is 12.1. The number of aromatic amines is 1. The van der Waals surface area contributed by atoms with Crippen molar-refractivity contribution in [2.45, 2.75) is 13.0 Å². The molecule has 2 aromatic rings. The van der Waals surface area contributed by atoms with Crippen LogP contribution in [0.15, 0.2) is 29.1 Å². The number of benzene rings is 1. The number of H-pyrrole nitrogens is 1. The third kappa shape index (κ3) is 2.30. The average molecular weight is 272 g/mol. The first kappa shape index (κ1) is 12.8. The minimum atomic E-state index is -0.140. The van der Waals surface area contributed by atoms with Crippen LogP contribution in [0, 0.1) is 0 Å². The number of fused-ring (bicyclic) bond motifs is 1. The Kier molecular flexibility index (Phi) is 3.23. The van der Waals surface area contributed by atoms with Gasteiger partial charge in [-0.3, -0.25) is 14.5 Å². The van der Waals surface area contributed by atoms with Crippen molar-refractivity contribution >= 4 is 16.8 Å². The van der Waals surface area contributed by atoms with Gasteiger partial charge in [0.25, 0.3) is 5.56 Å². The summed E-state index contributed by atoms with van der Waals surface area (Å²) in [5.74, 6) is 0.606. The van der Waals surface area contributed by atoms with Crippen molar-refractivity contribution in [3.8, 4) is 0 Å². The molecule has 0 aliphatic carbocycles. The van der Waals surface area contributed by atoms with Gasteiger partial charge in [0, 0.05) is 13.1 Å². The fraction of sp³-hybridized carbons (Fsp3) is 0.357. The second-order valence-electron chi connectivity index (χ2n) is 4.96. The summed E-state index contributed by atoms with van der Waals surface area (Å²) in [6, 6.07) is 7.15. The first-order valence-corrected chi connectivity index (χ1v) is 6.65. The molecule has 1 aromatic heterocycles. The summed E-state index contributed by atoms with van der Waals surface area (Å²) in [4.78, 5) is 32.8. The molecule has 1 saturated heterocycles. The van der Waals surface area contributed by atoms with Gasteiger partial charge in [-0.15, -0.1) is 0 Å². The van der Waals surface area contributed by atoms with Crippen LogP contribution in [0.5, 0.6) is 0 Å². The second kappa shape index (κ2) is 5.05. The van der Waals surface area contributed by atoms with E-state index in [4.69, 9.17) is 0 Å². The Hall–Kier alpha value is -2.21. The molecule has 0 bridgehead atoms. The quantitative estimate of drug-likeness (QED) is 0.830. The van der Waals surface area contributed by atoms with Crippen LogP contribution in [-0.4, -0.2) is 40.4 Å². The number of carbonyl (C=O) groups is 1. The molecular formula is C14H16N4O2. The lowest BCUT2D eigenvalue weighted by atomic mass is 10.2. The summed E-state index contributed by atoms with van der Waals surface area (Å²) in [7, 11) is 0. The van der Waals surface area contributed by atoms with Gasteiger partial charge in [-0.2, -0.15) is 0 Å². The monoisotopic (exact) mass is 272 g/mol. The van der Waals surface area contributed by atoms with E-state index in [1.807, 2.05) is 30.0 Å². The highest BCUT2D eigenvalue weighted by Gasteiger charge is 2.24. The molecule has 0 saturated carbocycles. The standard InChI is InChI=1S/C14H16N4O2/c1-9(18-7-6-15-12(19)8-18)13-16-11-5-3-2-4-10(11)14(20)17-13/h2-5,9H,6-8H2,1H3,(H,15,19)(H,16,17,20). The van der Waals surface area contributed by atoms with Crippen molar-refractivity contribution in [3.05, 3.63) is 40.4 Å². The topological polar surface area (TPSA) is 78.1 Å². The number of para-hydroxylation sites is 1. The van der Waals surface area contributed by atoms with Gasteiger partial charge in [0.1, 0.15) is 5.82 Å². The molecule has 20 heavy (non-hydrogen) atoms. The molecule has 104 valence electrons. The van der Waals surface area contributed by atoms with E-state index in [1.54, 1.807) is 6.07 Å². The maximum Gasteiger partial charge on any atom is 0.258 e. The maximum atomic E-state index is 12.1. The predicted octanol–water partition coefficient (Wildman–Crippen LogP) is 0.416. The Bertz CT molecular complexity index is 710. The number of nitrogens with zero attached hydrogens (tertiary/aromatic N) is 2. The highest BCUT2D eigenvalue weighted by atomic mass is 16.2.